The van der Waals surface area contributed by atoms with E-state index in [2.05, 4.69) is 20.8 Å². The highest BCUT2D eigenvalue weighted by atomic mass is 32.2. The van der Waals surface area contributed by atoms with E-state index in [0.717, 1.165) is 16.8 Å². The quantitative estimate of drug-likeness (QED) is 0.116. The van der Waals surface area contributed by atoms with Gasteiger partial charge in [-0.3, -0.25) is 13.7 Å². The molecule has 0 spiro atoms. The minimum atomic E-state index is -4.57. The molecule has 4 rings (SSSR count). The van der Waals surface area contributed by atoms with Crippen molar-refractivity contribution in [2.24, 2.45) is 5.41 Å². The Hall–Kier alpha value is -3.29. The van der Waals surface area contributed by atoms with Gasteiger partial charge in [-0.05, 0) is 98.2 Å². The first kappa shape index (κ1) is 43.4. The number of rotatable bonds is 18. The van der Waals surface area contributed by atoms with Crippen LogP contribution in [-0.2, 0) is 45.2 Å². The summed E-state index contributed by atoms with van der Waals surface area (Å²) in [5, 5.41) is 9.25. The Labute approximate surface area is 319 Å². The molecule has 0 fully saturated rings. The molecule has 14 nitrogen and oxygen atoms in total. The zero-order valence-electron chi connectivity index (χ0n) is 31.3. The lowest BCUT2D eigenvalue weighted by Gasteiger charge is -2.35. The maximum absolute atomic E-state index is 12.2. The van der Waals surface area contributed by atoms with Crippen LogP contribution in [0.15, 0.2) is 93.9 Å². The number of nitrogens with zero attached hydrogens (tertiary/aromatic N) is 2. The zero-order valence-corrected chi connectivity index (χ0v) is 33.8. The molecule has 0 saturated heterocycles. The lowest BCUT2D eigenvalue weighted by molar-refractivity contribution is 0.0971. The lowest BCUT2D eigenvalue weighted by Crippen LogP contribution is -2.31. The molecule has 1 aromatic rings. The molecule has 4 N–H and O–H groups in total. The van der Waals surface area contributed by atoms with Gasteiger partial charge in [0.15, 0.2) is 0 Å². The Morgan fingerprint density at radius 1 is 1.00 bits per heavy atom. The Balaban J connectivity index is 1.74. The van der Waals surface area contributed by atoms with E-state index in [1.807, 2.05) is 54.0 Å². The molecule has 1 aliphatic carbocycles. The summed E-state index contributed by atoms with van der Waals surface area (Å²) in [6.07, 6.45) is 13.4. The molecule has 300 valence electrons. The van der Waals surface area contributed by atoms with E-state index in [0.29, 0.717) is 42.3 Å². The maximum atomic E-state index is 12.2. The third-order valence-corrected chi connectivity index (χ3v) is 12.1. The molecule has 2 aliphatic heterocycles. The van der Waals surface area contributed by atoms with Crippen molar-refractivity contribution in [1.29, 1.82) is 0 Å². The fraction of sp³-hybridized carbons (Fsp3) is 0.514. The molecule has 2 atom stereocenters. The second kappa shape index (κ2) is 17.2. The van der Waals surface area contributed by atoms with Crippen molar-refractivity contribution in [1.82, 2.24) is 4.90 Å². The van der Waals surface area contributed by atoms with Crippen LogP contribution in [-0.4, -0.2) is 106 Å². The maximum Gasteiger partial charge on any atom is 0.294 e. The number of fused-ring (bicyclic) bond motifs is 2. The second-order valence-electron chi connectivity index (χ2n) is 14.6. The van der Waals surface area contributed by atoms with Gasteiger partial charge in [-0.1, -0.05) is 32.9 Å². The van der Waals surface area contributed by atoms with Gasteiger partial charge < -0.3 is 24.4 Å². The van der Waals surface area contributed by atoms with Crippen molar-refractivity contribution in [3.8, 4) is 0 Å². The van der Waals surface area contributed by atoms with Crippen molar-refractivity contribution in [2.75, 3.05) is 55.9 Å². The molecule has 0 amide bonds. The fourth-order valence-corrected chi connectivity index (χ4v) is 8.54. The number of ether oxygens (including phenoxy) is 2. The number of anilines is 1. The normalized spacial score (nSPS) is 21.3. The summed E-state index contributed by atoms with van der Waals surface area (Å²) >= 11 is 0. The van der Waals surface area contributed by atoms with Crippen LogP contribution in [0.25, 0.3) is 0 Å². The van der Waals surface area contributed by atoms with E-state index < -0.39 is 47.6 Å². The highest BCUT2D eigenvalue weighted by molar-refractivity contribution is 7.86. The molecule has 0 bridgehead atoms. The van der Waals surface area contributed by atoms with E-state index in [1.54, 1.807) is 18.2 Å². The highest BCUT2D eigenvalue weighted by Gasteiger charge is 2.44. The summed E-state index contributed by atoms with van der Waals surface area (Å²) in [5.41, 5.74) is 3.50. The van der Waals surface area contributed by atoms with E-state index in [1.165, 1.54) is 12.1 Å². The van der Waals surface area contributed by atoms with Gasteiger partial charge in [0.1, 0.15) is 11.9 Å². The van der Waals surface area contributed by atoms with Gasteiger partial charge >= 0.3 is 0 Å². The monoisotopic (exact) mass is 812 g/mol. The number of hydrogen-bond acceptors (Lipinski definition) is 11. The average molecular weight is 813 g/mol. The van der Waals surface area contributed by atoms with Crippen molar-refractivity contribution in [3.05, 3.63) is 94.6 Å². The van der Waals surface area contributed by atoms with Crippen LogP contribution in [0.2, 0.25) is 0 Å². The van der Waals surface area contributed by atoms with Crippen LogP contribution in [0.4, 0.5) is 5.69 Å². The third kappa shape index (κ3) is 11.2. The van der Waals surface area contributed by atoms with Crippen LogP contribution < -0.4 is 4.90 Å². The minimum absolute atomic E-state index is 0.0476. The SMILES string of the molecule is CCN(CCCS(=O)(=O)O)C1=CC2OC(/C=C/C=C3/N(CCOCCO)c4ccc(S(=O)(=O)O)cc4C3(C)CCCS(=O)(=O)O)=CC(C(C)(C)C)=C2C=C1. The van der Waals surface area contributed by atoms with Gasteiger partial charge in [0.25, 0.3) is 30.4 Å². The standard InChI is InChI=1S/C37H52N2O12S3/c1-6-38(17-9-23-53(44,45)46)27-12-14-30-31(36(2,3)4)25-28(51-34(30)24-27)10-7-11-35-37(5,16-8-22-52(41,42)43)32-26-29(54(47,48)49)13-15-33(32)39(35)18-20-50-21-19-40/h7,10-15,24-26,34,40H,6,8-9,16-23H2,1-5H3,(H,41,42,43)(H,44,45,46)(H,47,48,49)/b10-7+,35-11+. The number of hydrogen-bond donors (Lipinski definition) is 4. The summed E-state index contributed by atoms with van der Waals surface area (Å²) in [4.78, 5) is 3.63. The Bertz CT molecular complexity index is 2080. The fourth-order valence-electron chi connectivity index (χ4n) is 7.03. The van der Waals surface area contributed by atoms with Crippen molar-refractivity contribution < 1.29 is 53.5 Å². The van der Waals surface area contributed by atoms with E-state index in [9.17, 15) is 44.0 Å². The van der Waals surface area contributed by atoms with Gasteiger partial charge in [-0.25, -0.2) is 0 Å². The van der Waals surface area contributed by atoms with Crippen molar-refractivity contribution >= 4 is 36.0 Å². The summed E-state index contributed by atoms with van der Waals surface area (Å²) < 4.78 is 111. The average Bonchev–Trinajstić information content (AvgIpc) is 3.28. The first-order valence-corrected chi connectivity index (χ1v) is 22.4. The summed E-state index contributed by atoms with van der Waals surface area (Å²) in [7, 11) is -12.9. The molecule has 0 saturated carbocycles. The van der Waals surface area contributed by atoms with Gasteiger partial charge in [-0.2, -0.15) is 25.3 Å². The molecule has 0 aromatic heterocycles. The molecular formula is C37H52N2O12S3. The molecular weight excluding hydrogens is 761 g/mol. The van der Waals surface area contributed by atoms with Crippen LogP contribution in [0.5, 0.6) is 0 Å². The molecule has 54 heavy (non-hydrogen) atoms. The van der Waals surface area contributed by atoms with Gasteiger partial charge in [0.05, 0.1) is 36.2 Å². The first-order valence-electron chi connectivity index (χ1n) is 17.7. The smallest absolute Gasteiger partial charge is 0.294 e. The zero-order chi connectivity index (χ0) is 40.1. The predicted molar refractivity (Wildman–Crippen MR) is 207 cm³/mol. The number of benzene rings is 1. The summed E-state index contributed by atoms with van der Waals surface area (Å²) in [5.74, 6) is -0.293. The molecule has 0 radical (unpaired) electrons. The molecule has 17 heteroatoms. The molecule has 2 heterocycles. The topological polar surface area (TPSA) is 208 Å². The van der Waals surface area contributed by atoms with Gasteiger partial charge in [0.2, 0.25) is 0 Å². The van der Waals surface area contributed by atoms with Crippen molar-refractivity contribution in [3.63, 3.8) is 0 Å². The van der Waals surface area contributed by atoms with Crippen molar-refractivity contribution in [2.45, 2.75) is 70.3 Å². The van der Waals surface area contributed by atoms with Gasteiger partial charge in [0, 0.05) is 47.7 Å². The number of aliphatic hydroxyl groups is 1. The van der Waals surface area contributed by atoms with Crippen LogP contribution in [0.3, 0.4) is 0 Å². The number of allylic oxidation sites excluding steroid dienone is 7. The first-order chi connectivity index (χ1) is 25.1. The second-order valence-corrected chi connectivity index (χ2v) is 19.2. The number of aliphatic hydroxyl groups excluding tert-OH is 1. The van der Waals surface area contributed by atoms with E-state index in [4.69, 9.17) is 9.47 Å². The molecule has 1 aromatic carbocycles. The Morgan fingerprint density at radius 2 is 1.69 bits per heavy atom. The molecule has 2 unspecified atom stereocenters. The van der Waals surface area contributed by atoms with Crippen LogP contribution in [0.1, 0.15) is 59.4 Å². The van der Waals surface area contributed by atoms with Crippen LogP contribution >= 0.6 is 0 Å². The Morgan fingerprint density at radius 3 is 2.30 bits per heavy atom. The summed E-state index contributed by atoms with van der Waals surface area (Å²) in [6.45, 7) is 11.6. The van der Waals surface area contributed by atoms with Gasteiger partial charge in [-0.15, -0.1) is 0 Å². The minimum Gasteiger partial charge on any atom is -0.482 e. The van der Waals surface area contributed by atoms with E-state index in [-0.39, 0.29) is 55.1 Å². The van der Waals surface area contributed by atoms with Crippen LogP contribution in [0, 0.1) is 5.41 Å². The van der Waals surface area contributed by atoms with E-state index >= 15 is 0 Å². The highest BCUT2D eigenvalue weighted by Crippen LogP contribution is 2.51. The number of likely N-dealkylation sites (N-methyl/N-ethyl adjacent to an activating group) is 1. The summed E-state index contributed by atoms with van der Waals surface area (Å²) in [6, 6.07) is 4.25. The lowest BCUT2D eigenvalue weighted by atomic mass is 9.77. The molecule has 3 aliphatic rings. The Kier molecular flexibility index (Phi) is 13.9. The third-order valence-electron chi connectivity index (χ3n) is 9.60. The predicted octanol–water partition coefficient (Wildman–Crippen LogP) is 4.81. The largest absolute Gasteiger partial charge is 0.482 e.